The highest BCUT2D eigenvalue weighted by Crippen LogP contribution is 2.22. The van der Waals surface area contributed by atoms with E-state index < -0.39 is 0 Å². The molecule has 0 spiro atoms. The summed E-state index contributed by atoms with van der Waals surface area (Å²) < 4.78 is 0. The van der Waals surface area contributed by atoms with E-state index >= 15 is 0 Å². The monoisotopic (exact) mass is 267 g/mol. The van der Waals surface area contributed by atoms with Crippen LogP contribution < -0.4 is 5.32 Å². The van der Waals surface area contributed by atoms with Crippen LogP contribution in [-0.4, -0.2) is 13.1 Å². The first-order chi connectivity index (χ1) is 8.50. The zero-order valence-corrected chi connectivity index (χ0v) is 12.8. The van der Waals surface area contributed by atoms with Crippen LogP contribution >= 0.6 is 11.6 Å². The van der Waals surface area contributed by atoms with Gasteiger partial charge in [0.05, 0.1) is 0 Å². The van der Waals surface area contributed by atoms with Crippen LogP contribution in [0.3, 0.4) is 0 Å². The van der Waals surface area contributed by atoms with Gasteiger partial charge >= 0.3 is 0 Å². The lowest BCUT2D eigenvalue weighted by atomic mass is 9.89. The summed E-state index contributed by atoms with van der Waals surface area (Å²) in [5.74, 6) is 2.03. The highest BCUT2D eigenvalue weighted by molar-refractivity contribution is 6.31. The van der Waals surface area contributed by atoms with Gasteiger partial charge in [0.2, 0.25) is 0 Å². The van der Waals surface area contributed by atoms with E-state index in [1.54, 1.807) is 0 Å². The fraction of sp³-hybridized carbons (Fsp3) is 0.625. The Morgan fingerprint density at radius 1 is 1.00 bits per heavy atom. The van der Waals surface area contributed by atoms with E-state index in [9.17, 15) is 0 Å². The minimum absolute atomic E-state index is 0.643. The summed E-state index contributed by atoms with van der Waals surface area (Å²) in [5, 5.41) is 4.43. The van der Waals surface area contributed by atoms with E-state index in [-0.39, 0.29) is 0 Å². The maximum absolute atomic E-state index is 6.20. The molecule has 0 aliphatic rings. The van der Waals surface area contributed by atoms with Crippen molar-refractivity contribution in [2.24, 2.45) is 17.8 Å². The van der Waals surface area contributed by atoms with Gasteiger partial charge in [-0.2, -0.15) is 0 Å². The van der Waals surface area contributed by atoms with Gasteiger partial charge in [0.1, 0.15) is 0 Å². The van der Waals surface area contributed by atoms with Crippen molar-refractivity contribution in [1.29, 1.82) is 0 Å². The molecule has 0 saturated heterocycles. The van der Waals surface area contributed by atoms with E-state index in [1.807, 2.05) is 12.1 Å². The third-order valence-electron chi connectivity index (χ3n) is 3.49. The fourth-order valence-electron chi connectivity index (χ4n) is 2.01. The first-order valence-electron chi connectivity index (χ1n) is 6.94. The van der Waals surface area contributed by atoms with Crippen molar-refractivity contribution < 1.29 is 0 Å². The molecule has 0 aliphatic carbocycles. The largest absolute Gasteiger partial charge is 0.316 e. The SMILES string of the molecule is CC(C)CNCC(C)C(C)Cc1ccccc1Cl. The number of nitrogens with one attached hydrogen (secondary N) is 1. The predicted molar refractivity (Wildman–Crippen MR) is 81.2 cm³/mol. The molecule has 2 heteroatoms. The zero-order chi connectivity index (χ0) is 13.5. The Bertz CT molecular complexity index is 349. The van der Waals surface area contributed by atoms with E-state index in [4.69, 9.17) is 11.6 Å². The first-order valence-corrected chi connectivity index (χ1v) is 7.32. The molecular formula is C16H26ClN. The van der Waals surface area contributed by atoms with Crippen molar-refractivity contribution in [2.45, 2.75) is 34.1 Å². The molecule has 102 valence electrons. The Labute approximate surface area is 117 Å². The lowest BCUT2D eigenvalue weighted by Gasteiger charge is -2.21. The summed E-state index contributed by atoms with van der Waals surface area (Å²) in [6.07, 6.45) is 1.06. The van der Waals surface area contributed by atoms with Crippen molar-refractivity contribution in [3.63, 3.8) is 0 Å². The number of hydrogen-bond donors (Lipinski definition) is 1. The van der Waals surface area contributed by atoms with Gasteiger partial charge in [-0.05, 0) is 48.9 Å². The second-order valence-corrected chi connectivity index (χ2v) is 6.21. The summed E-state index contributed by atoms with van der Waals surface area (Å²) in [5.41, 5.74) is 1.27. The molecule has 18 heavy (non-hydrogen) atoms. The molecule has 0 amide bonds. The van der Waals surface area contributed by atoms with Gasteiger partial charge in [0.15, 0.2) is 0 Å². The molecular weight excluding hydrogens is 242 g/mol. The second-order valence-electron chi connectivity index (χ2n) is 5.80. The average Bonchev–Trinajstić information content (AvgIpc) is 2.31. The third-order valence-corrected chi connectivity index (χ3v) is 3.86. The molecule has 2 unspecified atom stereocenters. The van der Waals surface area contributed by atoms with Crippen LogP contribution in [0, 0.1) is 17.8 Å². The Hall–Kier alpha value is -0.530. The van der Waals surface area contributed by atoms with Gasteiger partial charge in [-0.25, -0.2) is 0 Å². The van der Waals surface area contributed by atoms with Crippen LogP contribution in [0.15, 0.2) is 24.3 Å². The lowest BCUT2D eigenvalue weighted by Crippen LogP contribution is -2.28. The van der Waals surface area contributed by atoms with Gasteiger partial charge < -0.3 is 5.32 Å². The predicted octanol–water partition coefficient (Wildman–Crippen LogP) is 4.40. The van der Waals surface area contributed by atoms with Crippen LogP contribution in [0.1, 0.15) is 33.3 Å². The molecule has 1 aromatic carbocycles. The molecule has 0 heterocycles. The summed E-state index contributed by atoms with van der Waals surface area (Å²) in [6, 6.07) is 8.16. The highest BCUT2D eigenvalue weighted by Gasteiger charge is 2.14. The number of hydrogen-bond acceptors (Lipinski definition) is 1. The Kier molecular flexibility index (Phi) is 6.73. The summed E-state index contributed by atoms with van der Waals surface area (Å²) in [7, 11) is 0. The van der Waals surface area contributed by atoms with Crippen LogP contribution in [0.2, 0.25) is 5.02 Å². The van der Waals surface area contributed by atoms with Crippen molar-refractivity contribution in [2.75, 3.05) is 13.1 Å². The Morgan fingerprint density at radius 2 is 1.67 bits per heavy atom. The van der Waals surface area contributed by atoms with Crippen molar-refractivity contribution >= 4 is 11.6 Å². The van der Waals surface area contributed by atoms with Crippen LogP contribution in [0.25, 0.3) is 0 Å². The van der Waals surface area contributed by atoms with Gasteiger partial charge in [-0.3, -0.25) is 0 Å². The molecule has 1 nitrogen and oxygen atoms in total. The summed E-state index contributed by atoms with van der Waals surface area (Å²) in [6.45, 7) is 11.3. The minimum atomic E-state index is 0.643. The summed E-state index contributed by atoms with van der Waals surface area (Å²) >= 11 is 6.20. The summed E-state index contributed by atoms with van der Waals surface area (Å²) in [4.78, 5) is 0. The van der Waals surface area contributed by atoms with Gasteiger partial charge in [0, 0.05) is 5.02 Å². The second kappa shape index (κ2) is 7.81. The van der Waals surface area contributed by atoms with Crippen molar-refractivity contribution in [3.05, 3.63) is 34.9 Å². The van der Waals surface area contributed by atoms with E-state index in [2.05, 4.69) is 45.1 Å². The average molecular weight is 268 g/mol. The Balaban J connectivity index is 2.40. The maximum Gasteiger partial charge on any atom is 0.0438 e. The van der Waals surface area contributed by atoms with Crippen molar-refractivity contribution in [1.82, 2.24) is 5.32 Å². The molecule has 0 bridgehead atoms. The molecule has 0 saturated carbocycles. The topological polar surface area (TPSA) is 12.0 Å². The molecule has 2 atom stereocenters. The lowest BCUT2D eigenvalue weighted by molar-refractivity contribution is 0.357. The van der Waals surface area contributed by atoms with Crippen LogP contribution in [0.4, 0.5) is 0 Å². The molecule has 1 aromatic rings. The molecule has 1 N–H and O–H groups in total. The smallest absolute Gasteiger partial charge is 0.0438 e. The van der Waals surface area contributed by atoms with E-state index in [0.29, 0.717) is 11.8 Å². The van der Waals surface area contributed by atoms with E-state index in [1.165, 1.54) is 5.56 Å². The molecule has 1 rings (SSSR count). The minimum Gasteiger partial charge on any atom is -0.316 e. The first kappa shape index (κ1) is 15.5. The third kappa shape index (κ3) is 5.41. The fourth-order valence-corrected chi connectivity index (χ4v) is 2.23. The molecule has 0 radical (unpaired) electrons. The normalized spacial score (nSPS) is 14.8. The van der Waals surface area contributed by atoms with Gasteiger partial charge in [0.25, 0.3) is 0 Å². The standard InChI is InChI=1S/C16H26ClN/c1-12(2)10-18-11-14(4)13(3)9-15-7-5-6-8-16(15)17/h5-8,12-14,18H,9-11H2,1-4H3. The molecule has 0 aliphatic heterocycles. The Morgan fingerprint density at radius 3 is 2.28 bits per heavy atom. The highest BCUT2D eigenvalue weighted by atomic mass is 35.5. The van der Waals surface area contributed by atoms with Gasteiger partial charge in [-0.1, -0.05) is 57.5 Å². The van der Waals surface area contributed by atoms with Crippen LogP contribution in [0.5, 0.6) is 0 Å². The van der Waals surface area contributed by atoms with Crippen molar-refractivity contribution in [3.8, 4) is 0 Å². The van der Waals surface area contributed by atoms with E-state index in [0.717, 1.165) is 30.5 Å². The zero-order valence-electron chi connectivity index (χ0n) is 12.0. The number of benzene rings is 1. The number of rotatable bonds is 7. The number of halogens is 1. The maximum atomic E-state index is 6.20. The molecule has 0 fully saturated rings. The van der Waals surface area contributed by atoms with Crippen LogP contribution in [-0.2, 0) is 6.42 Å². The van der Waals surface area contributed by atoms with Gasteiger partial charge in [-0.15, -0.1) is 0 Å². The molecule has 0 aromatic heterocycles. The quantitative estimate of drug-likeness (QED) is 0.772.